The summed E-state index contributed by atoms with van der Waals surface area (Å²) in [6, 6.07) is 10.8. The van der Waals surface area contributed by atoms with Crippen molar-refractivity contribution in [2.45, 2.75) is 38.8 Å². The summed E-state index contributed by atoms with van der Waals surface area (Å²) in [4.78, 5) is 40.0. The molecule has 0 saturated carbocycles. The molecule has 0 bridgehead atoms. The van der Waals surface area contributed by atoms with E-state index in [2.05, 4.69) is 14.9 Å². The topological polar surface area (TPSA) is 102 Å². The van der Waals surface area contributed by atoms with Gasteiger partial charge in [0, 0.05) is 68.6 Å². The number of halogens is 4. The Hall–Kier alpha value is -4.36. The summed E-state index contributed by atoms with van der Waals surface area (Å²) in [5.41, 5.74) is 4.84. The monoisotopic (exact) mass is 597 g/mol. The second-order valence-corrected chi connectivity index (χ2v) is 10.5. The SMILES string of the molecule is Cc1c(N2CCN(Cc3cnccn3)CC2)c(=O)n(C[C@@H](N)c2ccccc2)c(=O)n1Cc1c(F)cccc1C(F)(F)F. The van der Waals surface area contributed by atoms with Gasteiger partial charge in [0.2, 0.25) is 0 Å². The number of nitrogens with zero attached hydrogens (tertiary/aromatic N) is 6. The van der Waals surface area contributed by atoms with Gasteiger partial charge in [-0.2, -0.15) is 13.2 Å². The fraction of sp³-hybridized carbons (Fsp3) is 0.333. The number of aromatic nitrogens is 4. The van der Waals surface area contributed by atoms with Crippen LogP contribution in [0.2, 0.25) is 0 Å². The lowest BCUT2D eigenvalue weighted by molar-refractivity contribution is -0.138. The van der Waals surface area contributed by atoms with Crippen LogP contribution in [-0.2, 0) is 25.8 Å². The van der Waals surface area contributed by atoms with E-state index in [4.69, 9.17) is 5.73 Å². The molecule has 0 spiro atoms. The van der Waals surface area contributed by atoms with Crippen molar-refractivity contribution >= 4 is 5.69 Å². The molecule has 9 nitrogen and oxygen atoms in total. The van der Waals surface area contributed by atoms with Crippen molar-refractivity contribution in [1.82, 2.24) is 24.0 Å². The highest BCUT2D eigenvalue weighted by Gasteiger charge is 2.35. The largest absolute Gasteiger partial charge is 0.416 e. The number of anilines is 1. The van der Waals surface area contributed by atoms with Crippen LogP contribution < -0.4 is 21.9 Å². The molecule has 0 aliphatic carbocycles. The van der Waals surface area contributed by atoms with E-state index in [1.807, 2.05) is 4.90 Å². The summed E-state index contributed by atoms with van der Waals surface area (Å²) in [6.45, 7) is 3.06. The Morgan fingerprint density at radius 2 is 1.65 bits per heavy atom. The van der Waals surface area contributed by atoms with E-state index in [0.717, 1.165) is 33.0 Å². The van der Waals surface area contributed by atoms with Crippen molar-refractivity contribution in [2.24, 2.45) is 5.73 Å². The van der Waals surface area contributed by atoms with Gasteiger partial charge in [0.05, 0.1) is 24.3 Å². The predicted molar refractivity (Wildman–Crippen MR) is 153 cm³/mol. The summed E-state index contributed by atoms with van der Waals surface area (Å²) in [6.07, 6.45) is 0.0354. The van der Waals surface area contributed by atoms with Gasteiger partial charge in [-0.1, -0.05) is 36.4 Å². The van der Waals surface area contributed by atoms with Gasteiger partial charge < -0.3 is 10.6 Å². The Morgan fingerprint density at radius 1 is 0.930 bits per heavy atom. The Kier molecular flexibility index (Phi) is 8.74. The van der Waals surface area contributed by atoms with Crippen molar-refractivity contribution in [3.63, 3.8) is 0 Å². The number of hydrogen-bond acceptors (Lipinski definition) is 7. The van der Waals surface area contributed by atoms with Gasteiger partial charge in [0.15, 0.2) is 0 Å². The third-order valence-corrected chi connectivity index (χ3v) is 7.70. The molecule has 3 heterocycles. The average molecular weight is 598 g/mol. The Morgan fingerprint density at radius 3 is 2.30 bits per heavy atom. The number of benzene rings is 2. The van der Waals surface area contributed by atoms with Crippen LogP contribution >= 0.6 is 0 Å². The van der Waals surface area contributed by atoms with Crippen molar-refractivity contribution in [3.05, 3.63) is 122 Å². The highest BCUT2D eigenvalue weighted by atomic mass is 19.4. The van der Waals surface area contributed by atoms with Crippen molar-refractivity contribution in [2.75, 3.05) is 31.1 Å². The second-order valence-electron chi connectivity index (χ2n) is 10.5. The van der Waals surface area contributed by atoms with E-state index in [9.17, 15) is 27.2 Å². The summed E-state index contributed by atoms with van der Waals surface area (Å²) in [7, 11) is 0. The molecule has 0 unspecified atom stereocenters. The summed E-state index contributed by atoms with van der Waals surface area (Å²) < 4.78 is 58.4. The molecule has 226 valence electrons. The lowest BCUT2D eigenvalue weighted by atomic mass is 10.1. The zero-order valence-electron chi connectivity index (χ0n) is 23.5. The first-order valence-electron chi connectivity index (χ1n) is 13.8. The van der Waals surface area contributed by atoms with Crippen LogP contribution in [0.25, 0.3) is 0 Å². The van der Waals surface area contributed by atoms with Gasteiger partial charge >= 0.3 is 11.9 Å². The maximum absolute atomic E-state index is 14.9. The van der Waals surface area contributed by atoms with Gasteiger partial charge in [0.1, 0.15) is 11.5 Å². The number of nitrogens with two attached hydrogens (primary N) is 1. The quantitative estimate of drug-likeness (QED) is 0.311. The minimum Gasteiger partial charge on any atom is -0.363 e. The molecule has 2 aromatic carbocycles. The van der Waals surface area contributed by atoms with Crippen molar-refractivity contribution < 1.29 is 17.6 Å². The molecule has 1 aliphatic heterocycles. The lowest BCUT2D eigenvalue weighted by Crippen LogP contribution is -2.51. The van der Waals surface area contributed by atoms with Gasteiger partial charge in [-0.15, -0.1) is 0 Å². The molecule has 1 fully saturated rings. The van der Waals surface area contributed by atoms with Crippen LogP contribution in [0.5, 0.6) is 0 Å². The van der Waals surface area contributed by atoms with Crippen LogP contribution in [0.4, 0.5) is 23.2 Å². The molecule has 43 heavy (non-hydrogen) atoms. The second kappa shape index (κ2) is 12.5. The van der Waals surface area contributed by atoms with E-state index in [1.54, 1.807) is 48.9 Å². The van der Waals surface area contributed by atoms with Crippen LogP contribution in [0.15, 0.2) is 76.7 Å². The molecule has 4 aromatic rings. The number of alkyl halides is 3. The van der Waals surface area contributed by atoms with E-state index >= 15 is 0 Å². The number of hydrogen-bond donors (Lipinski definition) is 1. The van der Waals surface area contributed by atoms with Gasteiger partial charge in [0.25, 0.3) is 5.56 Å². The van der Waals surface area contributed by atoms with E-state index in [1.165, 1.54) is 6.92 Å². The first-order valence-corrected chi connectivity index (χ1v) is 13.8. The average Bonchev–Trinajstić information content (AvgIpc) is 2.99. The fourth-order valence-corrected chi connectivity index (χ4v) is 5.41. The molecular weight excluding hydrogens is 566 g/mol. The first kappa shape index (κ1) is 30.1. The zero-order chi connectivity index (χ0) is 30.7. The Labute approximate surface area is 244 Å². The Bertz CT molecular complexity index is 1680. The van der Waals surface area contributed by atoms with Crippen LogP contribution in [0, 0.1) is 12.7 Å². The molecule has 1 aliphatic rings. The van der Waals surface area contributed by atoms with Gasteiger partial charge in [-0.25, -0.2) is 9.18 Å². The molecule has 1 atom stereocenters. The third-order valence-electron chi connectivity index (χ3n) is 7.70. The van der Waals surface area contributed by atoms with Crippen LogP contribution in [0.3, 0.4) is 0 Å². The molecule has 0 amide bonds. The smallest absolute Gasteiger partial charge is 0.363 e. The zero-order valence-corrected chi connectivity index (χ0v) is 23.5. The van der Waals surface area contributed by atoms with Crippen molar-refractivity contribution in [3.8, 4) is 0 Å². The number of piperazine rings is 1. The minimum atomic E-state index is -4.85. The molecule has 2 N–H and O–H groups in total. The first-order chi connectivity index (χ1) is 20.5. The lowest BCUT2D eigenvalue weighted by Gasteiger charge is -2.36. The maximum Gasteiger partial charge on any atom is 0.416 e. The standard InChI is InChI=1S/C30H31F4N7O2/c1-20-27(39-14-12-38(13-15-39)17-22-16-36-10-11-37-22)28(42)41(19-26(35)21-6-3-2-4-7-21)29(43)40(20)18-23-24(30(32,33)34)8-5-9-25(23)31/h2-11,16,26H,12-15,17-19,35H2,1H3/t26-/m1/s1. The van der Waals surface area contributed by atoms with E-state index in [0.29, 0.717) is 38.3 Å². The normalized spacial score (nSPS) is 15.1. The fourth-order valence-electron chi connectivity index (χ4n) is 5.41. The molecule has 5 rings (SSSR count). The Balaban J connectivity index is 1.55. The summed E-state index contributed by atoms with van der Waals surface area (Å²) in [5.74, 6) is -1.10. The summed E-state index contributed by atoms with van der Waals surface area (Å²) in [5, 5.41) is 0. The minimum absolute atomic E-state index is 0.151. The third kappa shape index (κ3) is 6.52. The highest BCUT2D eigenvalue weighted by molar-refractivity contribution is 5.50. The molecule has 2 aromatic heterocycles. The van der Waals surface area contributed by atoms with E-state index < -0.39 is 47.0 Å². The van der Waals surface area contributed by atoms with Crippen LogP contribution in [-0.4, -0.2) is 50.2 Å². The van der Waals surface area contributed by atoms with Gasteiger partial charge in [-0.3, -0.25) is 28.8 Å². The van der Waals surface area contributed by atoms with E-state index in [-0.39, 0.29) is 17.9 Å². The molecule has 0 radical (unpaired) electrons. The maximum atomic E-state index is 14.9. The molecule has 1 saturated heterocycles. The summed E-state index contributed by atoms with van der Waals surface area (Å²) >= 11 is 0. The molecular formula is C30H31F4N7O2. The number of rotatable bonds is 8. The molecule has 13 heteroatoms. The highest BCUT2D eigenvalue weighted by Crippen LogP contribution is 2.33. The van der Waals surface area contributed by atoms with Crippen LogP contribution in [0.1, 0.15) is 34.1 Å². The predicted octanol–water partition coefficient (Wildman–Crippen LogP) is 3.34. The van der Waals surface area contributed by atoms with Gasteiger partial charge in [-0.05, 0) is 24.6 Å². The van der Waals surface area contributed by atoms with Crippen molar-refractivity contribution in [1.29, 1.82) is 0 Å².